The topological polar surface area (TPSA) is 12.0 Å². The second-order valence-corrected chi connectivity index (χ2v) is 7.89. The third kappa shape index (κ3) is 6.79. The van der Waals surface area contributed by atoms with Crippen LogP contribution < -0.4 is 5.32 Å². The monoisotopic (exact) mass is 267 g/mol. The molecule has 0 aliphatic heterocycles. The molecule has 1 nitrogen and oxygen atoms in total. The molecule has 0 heterocycles. The predicted molar refractivity (Wildman–Crippen MR) is 86.5 cm³/mol. The van der Waals surface area contributed by atoms with Crippen molar-refractivity contribution in [3.05, 3.63) is 0 Å². The van der Waals surface area contributed by atoms with Crippen LogP contribution in [0.15, 0.2) is 0 Å². The van der Waals surface area contributed by atoms with Gasteiger partial charge >= 0.3 is 0 Å². The fourth-order valence-corrected chi connectivity index (χ4v) is 3.40. The van der Waals surface area contributed by atoms with Crippen molar-refractivity contribution >= 4 is 0 Å². The van der Waals surface area contributed by atoms with Gasteiger partial charge in [-0.15, -0.1) is 0 Å². The Hall–Kier alpha value is -0.0400. The van der Waals surface area contributed by atoms with Crippen molar-refractivity contribution in [2.24, 2.45) is 17.3 Å². The Labute approximate surface area is 121 Å². The van der Waals surface area contributed by atoms with Crippen LogP contribution >= 0.6 is 0 Å². The first-order valence-electron chi connectivity index (χ1n) is 8.68. The lowest BCUT2D eigenvalue weighted by atomic mass is 9.70. The van der Waals surface area contributed by atoms with Gasteiger partial charge in [-0.05, 0) is 62.3 Å². The first-order valence-corrected chi connectivity index (χ1v) is 8.68. The fraction of sp³-hybridized carbons (Fsp3) is 1.00. The lowest BCUT2D eigenvalue weighted by Gasteiger charge is -2.38. The van der Waals surface area contributed by atoms with Crippen molar-refractivity contribution in [1.29, 1.82) is 0 Å². The van der Waals surface area contributed by atoms with Crippen LogP contribution in [-0.2, 0) is 0 Å². The summed E-state index contributed by atoms with van der Waals surface area (Å²) in [7, 11) is 0. The maximum Gasteiger partial charge on any atom is 0.00953 e. The first-order chi connectivity index (χ1) is 8.94. The van der Waals surface area contributed by atoms with Gasteiger partial charge in [-0.2, -0.15) is 0 Å². The van der Waals surface area contributed by atoms with Crippen LogP contribution in [0.1, 0.15) is 86.0 Å². The van der Waals surface area contributed by atoms with E-state index in [0.29, 0.717) is 5.41 Å². The Morgan fingerprint density at radius 1 is 1.11 bits per heavy atom. The first kappa shape index (κ1) is 17.0. The van der Waals surface area contributed by atoms with Gasteiger partial charge in [0, 0.05) is 6.04 Å². The van der Waals surface area contributed by atoms with Gasteiger partial charge in [-0.1, -0.05) is 47.5 Å². The summed E-state index contributed by atoms with van der Waals surface area (Å²) in [5.74, 6) is 1.80. The molecule has 0 spiro atoms. The van der Waals surface area contributed by atoms with Gasteiger partial charge in [0.25, 0.3) is 0 Å². The number of nitrogens with one attached hydrogen (secondary N) is 1. The second-order valence-electron chi connectivity index (χ2n) is 7.89. The Morgan fingerprint density at radius 2 is 1.74 bits per heavy atom. The molecule has 1 fully saturated rings. The van der Waals surface area contributed by atoms with Gasteiger partial charge in [0.1, 0.15) is 0 Å². The van der Waals surface area contributed by atoms with Gasteiger partial charge in [0.2, 0.25) is 0 Å². The summed E-state index contributed by atoms with van der Waals surface area (Å²) in [6, 6.07) is 0.787. The van der Waals surface area contributed by atoms with E-state index in [9.17, 15) is 0 Å². The lowest BCUT2D eigenvalue weighted by Crippen LogP contribution is -2.39. The van der Waals surface area contributed by atoms with Gasteiger partial charge in [0.05, 0.1) is 0 Å². The molecule has 114 valence electrons. The maximum absolute atomic E-state index is 3.84. The molecule has 1 N–H and O–H groups in total. The third-order valence-electron chi connectivity index (χ3n) is 4.91. The smallest absolute Gasteiger partial charge is 0.00953 e. The molecule has 19 heavy (non-hydrogen) atoms. The molecule has 0 aromatic heterocycles. The van der Waals surface area contributed by atoms with E-state index in [0.717, 1.165) is 17.9 Å². The zero-order valence-electron chi connectivity index (χ0n) is 14.1. The highest BCUT2D eigenvalue weighted by Gasteiger charge is 2.30. The molecule has 1 aliphatic rings. The Balaban J connectivity index is 2.39. The average Bonchev–Trinajstić information content (AvgIpc) is 2.33. The number of hydrogen-bond acceptors (Lipinski definition) is 1. The van der Waals surface area contributed by atoms with E-state index in [-0.39, 0.29) is 0 Å². The minimum absolute atomic E-state index is 0.601. The Morgan fingerprint density at radius 3 is 2.26 bits per heavy atom. The van der Waals surface area contributed by atoms with Crippen molar-refractivity contribution in [2.75, 3.05) is 6.54 Å². The highest BCUT2D eigenvalue weighted by Crippen LogP contribution is 2.39. The zero-order valence-corrected chi connectivity index (χ0v) is 14.1. The minimum atomic E-state index is 0.601. The van der Waals surface area contributed by atoms with Crippen LogP contribution in [0.3, 0.4) is 0 Å². The standard InChI is InChI=1S/C18H37N/c1-6-14-19-17(9-7-8-15(2)3)16-10-12-18(4,5)13-11-16/h15-17,19H,6-14H2,1-5H3. The summed E-state index contributed by atoms with van der Waals surface area (Å²) in [6.45, 7) is 13.1. The third-order valence-corrected chi connectivity index (χ3v) is 4.91. The predicted octanol–water partition coefficient (Wildman–Crippen LogP) is 5.40. The van der Waals surface area contributed by atoms with Gasteiger partial charge < -0.3 is 5.32 Å². The van der Waals surface area contributed by atoms with Crippen molar-refractivity contribution in [2.45, 2.75) is 92.0 Å². The molecule has 1 saturated carbocycles. The Bertz CT molecular complexity index is 222. The van der Waals surface area contributed by atoms with Crippen molar-refractivity contribution in [3.63, 3.8) is 0 Å². The number of hydrogen-bond donors (Lipinski definition) is 1. The molecule has 1 aliphatic carbocycles. The second kappa shape index (κ2) is 8.29. The molecular formula is C18H37N. The quantitative estimate of drug-likeness (QED) is 0.621. The van der Waals surface area contributed by atoms with Crippen LogP contribution in [-0.4, -0.2) is 12.6 Å². The fourth-order valence-electron chi connectivity index (χ4n) is 3.40. The van der Waals surface area contributed by atoms with Crippen molar-refractivity contribution < 1.29 is 0 Å². The largest absolute Gasteiger partial charge is 0.314 e. The SMILES string of the molecule is CCCNC(CCCC(C)C)C1CCC(C)(C)CC1. The molecule has 0 aromatic rings. The summed E-state index contributed by atoms with van der Waals surface area (Å²) in [5.41, 5.74) is 0.601. The van der Waals surface area contributed by atoms with E-state index < -0.39 is 0 Å². The molecule has 1 heteroatoms. The molecule has 0 bridgehead atoms. The van der Waals surface area contributed by atoms with Crippen LogP contribution in [0.4, 0.5) is 0 Å². The molecule has 0 amide bonds. The van der Waals surface area contributed by atoms with E-state index in [2.05, 4.69) is 39.9 Å². The van der Waals surface area contributed by atoms with Crippen molar-refractivity contribution in [1.82, 2.24) is 5.32 Å². The molecule has 0 radical (unpaired) electrons. The highest BCUT2D eigenvalue weighted by molar-refractivity contribution is 4.85. The summed E-state index contributed by atoms with van der Waals surface area (Å²) in [6.07, 6.45) is 11.2. The van der Waals surface area contributed by atoms with E-state index in [4.69, 9.17) is 0 Å². The van der Waals surface area contributed by atoms with E-state index >= 15 is 0 Å². The summed E-state index contributed by atoms with van der Waals surface area (Å²) >= 11 is 0. The van der Waals surface area contributed by atoms with E-state index in [1.807, 2.05) is 0 Å². The van der Waals surface area contributed by atoms with E-state index in [1.165, 1.54) is 57.9 Å². The minimum Gasteiger partial charge on any atom is -0.314 e. The normalized spacial score (nSPS) is 21.8. The summed E-state index contributed by atoms with van der Waals surface area (Å²) in [4.78, 5) is 0. The maximum atomic E-state index is 3.84. The van der Waals surface area contributed by atoms with Crippen LogP contribution in [0.2, 0.25) is 0 Å². The molecular weight excluding hydrogens is 230 g/mol. The molecule has 1 atom stereocenters. The molecule has 0 saturated heterocycles. The summed E-state index contributed by atoms with van der Waals surface area (Å²) in [5, 5.41) is 3.84. The van der Waals surface area contributed by atoms with Crippen LogP contribution in [0.5, 0.6) is 0 Å². The van der Waals surface area contributed by atoms with Crippen LogP contribution in [0.25, 0.3) is 0 Å². The molecule has 0 aromatic carbocycles. The summed E-state index contributed by atoms with van der Waals surface area (Å²) < 4.78 is 0. The lowest BCUT2D eigenvalue weighted by molar-refractivity contribution is 0.155. The Kier molecular flexibility index (Phi) is 7.42. The molecule has 1 rings (SSSR count). The zero-order chi connectivity index (χ0) is 14.3. The van der Waals surface area contributed by atoms with Crippen molar-refractivity contribution in [3.8, 4) is 0 Å². The van der Waals surface area contributed by atoms with Crippen LogP contribution in [0, 0.1) is 17.3 Å². The highest BCUT2D eigenvalue weighted by atomic mass is 14.9. The van der Waals surface area contributed by atoms with E-state index in [1.54, 1.807) is 0 Å². The van der Waals surface area contributed by atoms with Gasteiger partial charge in [0.15, 0.2) is 0 Å². The van der Waals surface area contributed by atoms with Gasteiger partial charge in [-0.25, -0.2) is 0 Å². The van der Waals surface area contributed by atoms with Gasteiger partial charge in [-0.3, -0.25) is 0 Å². The molecule has 1 unspecified atom stereocenters. The number of rotatable bonds is 8. The average molecular weight is 268 g/mol.